The molecule has 0 saturated carbocycles. The van der Waals surface area contributed by atoms with Crippen molar-refractivity contribution in [3.8, 4) is 17.1 Å². The lowest BCUT2D eigenvalue weighted by atomic mass is 10.1. The topological polar surface area (TPSA) is 65.0 Å². The number of phenolic OH excluding ortho intramolecular Hbond substituents is 1. The van der Waals surface area contributed by atoms with Gasteiger partial charge in [-0.2, -0.15) is 0 Å². The first-order chi connectivity index (χ1) is 9.54. The van der Waals surface area contributed by atoms with E-state index in [2.05, 4.69) is 15.0 Å². The molecule has 2 aromatic heterocycles. The van der Waals surface area contributed by atoms with Crippen molar-refractivity contribution in [3.05, 3.63) is 35.9 Å². The number of aromatic amines is 1. The molecule has 0 bridgehead atoms. The molecule has 0 spiro atoms. The number of nitrogens with one attached hydrogen (secondary N) is 1. The van der Waals surface area contributed by atoms with Crippen LogP contribution in [0.2, 0.25) is 0 Å². The summed E-state index contributed by atoms with van der Waals surface area (Å²) in [5.74, 6) is 1.84. The fourth-order valence-corrected chi connectivity index (χ4v) is 2.03. The summed E-state index contributed by atoms with van der Waals surface area (Å²) in [6, 6.07) is 9.41. The number of hydrogen-bond donors (Lipinski definition) is 2. The van der Waals surface area contributed by atoms with Gasteiger partial charge in [-0.15, -0.1) is 0 Å². The fraction of sp³-hybridized carbons (Fsp3) is 0.200. The fourth-order valence-electron chi connectivity index (χ4n) is 2.03. The van der Waals surface area contributed by atoms with E-state index in [0.29, 0.717) is 11.5 Å². The monoisotopic (exact) mass is 268 g/mol. The maximum Gasteiger partial charge on any atom is 0.180 e. The summed E-state index contributed by atoms with van der Waals surface area (Å²) >= 11 is 0. The Kier molecular flexibility index (Phi) is 2.82. The smallest absolute Gasteiger partial charge is 0.180 e. The van der Waals surface area contributed by atoms with E-state index < -0.39 is 0 Å². The average molecular weight is 268 g/mol. The number of phenols is 1. The Morgan fingerprint density at radius 3 is 2.60 bits per heavy atom. The first kappa shape index (κ1) is 12.5. The van der Waals surface area contributed by atoms with Crippen molar-refractivity contribution in [3.63, 3.8) is 0 Å². The Hall–Kier alpha value is -2.56. The number of rotatable bonds is 2. The van der Waals surface area contributed by atoms with Crippen molar-refractivity contribution >= 4 is 17.0 Å². The lowest BCUT2D eigenvalue weighted by Gasteiger charge is -2.09. The minimum absolute atomic E-state index is 0.268. The van der Waals surface area contributed by atoms with Crippen molar-refractivity contribution < 1.29 is 5.11 Å². The van der Waals surface area contributed by atoms with Crippen molar-refractivity contribution in [2.45, 2.75) is 6.92 Å². The zero-order valence-corrected chi connectivity index (χ0v) is 11.7. The number of aromatic nitrogens is 3. The van der Waals surface area contributed by atoms with Gasteiger partial charge >= 0.3 is 0 Å². The van der Waals surface area contributed by atoms with E-state index in [9.17, 15) is 5.11 Å². The van der Waals surface area contributed by atoms with Gasteiger partial charge in [-0.1, -0.05) is 12.1 Å². The molecule has 5 heteroatoms. The van der Waals surface area contributed by atoms with Crippen LogP contribution < -0.4 is 4.90 Å². The summed E-state index contributed by atoms with van der Waals surface area (Å²) in [4.78, 5) is 14.1. The van der Waals surface area contributed by atoms with Crippen LogP contribution in [-0.2, 0) is 0 Å². The van der Waals surface area contributed by atoms with Gasteiger partial charge in [-0.3, -0.25) is 0 Å². The largest absolute Gasteiger partial charge is 0.508 e. The van der Waals surface area contributed by atoms with Crippen LogP contribution in [0.15, 0.2) is 30.3 Å². The summed E-state index contributed by atoms with van der Waals surface area (Å²) in [7, 11) is 3.89. The van der Waals surface area contributed by atoms with Crippen LogP contribution in [0.25, 0.3) is 22.6 Å². The third-order valence-corrected chi connectivity index (χ3v) is 3.27. The normalized spacial score (nSPS) is 10.9. The highest BCUT2D eigenvalue weighted by molar-refractivity contribution is 5.78. The molecule has 0 aliphatic rings. The van der Waals surface area contributed by atoms with Gasteiger partial charge in [-0.25, -0.2) is 9.97 Å². The lowest BCUT2D eigenvalue weighted by Crippen LogP contribution is -2.10. The van der Waals surface area contributed by atoms with Gasteiger partial charge in [0.1, 0.15) is 17.4 Å². The number of hydrogen-bond acceptors (Lipinski definition) is 4. The molecule has 0 aliphatic carbocycles. The molecule has 3 aromatic rings. The van der Waals surface area contributed by atoms with Crippen LogP contribution in [0, 0.1) is 6.92 Å². The first-order valence-corrected chi connectivity index (χ1v) is 6.38. The van der Waals surface area contributed by atoms with E-state index in [0.717, 1.165) is 22.5 Å². The molecule has 3 rings (SSSR count). The highest BCUT2D eigenvalue weighted by Gasteiger charge is 2.09. The van der Waals surface area contributed by atoms with Gasteiger partial charge in [0.05, 0.1) is 5.52 Å². The van der Waals surface area contributed by atoms with Crippen molar-refractivity contribution in [1.29, 1.82) is 0 Å². The molecule has 0 fully saturated rings. The molecule has 0 unspecified atom stereocenters. The van der Waals surface area contributed by atoms with E-state index in [1.54, 1.807) is 6.07 Å². The van der Waals surface area contributed by atoms with Gasteiger partial charge in [0.15, 0.2) is 5.65 Å². The molecular formula is C15H16N4O. The molecule has 20 heavy (non-hydrogen) atoms. The number of nitrogens with zero attached hydrogens (tertiary/aromatic N) is 3. The third kappa shape index (κ3) is 2.07. The minimum atomic E-state index is 0.268. The van der Waals surface area contributed by atoms with Gasteiger partial charge < -0.3 is 15.0 Å². The van der Waals surface area contributed by atoms with Crippen LogP contribution in [0.1, 0.15) is 5.56 Å². The number of H-pyrrole nitrogens is 1. The van der Waals surface area contributed by atoms with Gasteiger partial charge in [0.2, 0.25) is 0 Å². The zero-order valence-electron chi connectivity index (χ0n) is 11.7. The second-order valence-electron chi connectivity index (χ2n) is 5.02. The first-order valence-electron chi connectivity index (χ1n) is 6.38. The van der Waals surface area contributed by atoms with Crippen LogP contribution in [0.4, 0.5) is 5.82 Å². The SMILES string of the molecule is Cc1ccc(-c2nc3nc(N(C)C)ccc3[nH]2)cc1O. The Bertz CT molecular complexity index is 777. The van der Waals surface area contributed by atoms with E-state index >= 15 is 0 Å². The Balaban J connectivity index is 2.10. The Morgan fingerprint density at radius 2 is 1.90 bits per heavy atom. The Morgan fingerprint density at radius 1 is 1.10 bits per heavy atom. The molecule has 102 valence electrons. The van der Waals surface area contributed by atoms with E-state index in [-0.39, 0.29) is 5.75 Å². The highest BCUT2D eigenvalue weighted by atomic mass is 16.3. The number of imidazole rings is 1. The predicted octanol–water partition coefficient (Wildman–Crippen LogP) is 2.70. The van der Waals surface area contributed by atoms with Crippen LogP contribution in [-0.4, -0.2) is 34.2 Å². The Labute approximate surface area is 116 Å². The quantitative estimate of drug-likeness (QED) is 0.750. The minimum Gasteiger partial charge on any atom is -0.508 e. The number of pyridine rings is 1. The molecule has 0 amide bonds. The van der Waals surface area contributed by atoms with Crippen molar-refractivity contribution in [1.82, 2.24) is 15.0 Å². The van der Waals surface area contributed by atoms with Crippen LogP contribution in [0.3, 0.4) is 0 Å². The molecule has 5 nitrogen and oxygen atoms in total. The molecule has 0 aliphatic heterocycles. The summed E-state index contributed by atoms with van der Waals surface area (Å²) in [6.45, 7) is 1.86. The van der Waals surface area contributed by atoms with E-state index in [4.69, 9.17) is 0 Å². The molecule has 0 atom stereocenters. The maximum atomic E-state index is 9.79. The molecular weight excluding hydrogens is 252 g/mol. The number of anilines is 1. The number of benzene rings is 1. The number of fused-ring (bicyclic) bond motifs is 1. The second-order valence-corrected chi connectivity index (χ2v) is 5.02. The molecule has 1 aromatic carbocycles. The molecule has 2 heterocycles. The summed E-state index contributed by atoms with van der Waals surface area (Å²) in [5.41, 5.74) is 3.24. The van der Waals surface area contributed by atoms with Gasteiger partial charge in [0.25, 0.3) is 0 Å². The molecule has 0 radical (unpaired) electrons. The van der Waals surface area contributed by atoms with E-state index in [1.165, 1.54) is 0 Å². The highest BCUT2D eigenvalue weighted by Crippen LogP contribution is 2.26. The standard InChI is InChI=1S/C15H16N4O/c1-9-4-5-10(8-12(9)20)14-16-11-6-7-13(19(2)3)17-15(11)18-14/h4-8,20H,1-3H3,(H,16,17,18). The van der Waals surface area contributed by atoms with E-state index in [1.807, 2.05) is 50.2 Å². The summed E-state index contributed by atoms with van der Waals surface area (Å²) in [6.07, 6.45) is 0. The second kappa shape index (κ2) is 4.52. The molecule has 0 saturated heterocycles. The van der Waals surface area contributed by atoms with Crippen LogP contribution >= 0.6 is 0 Å². The van der Waals surface area contributed by atoms with Crippen molar-refractivity contribution in [2.24, 2.45) is 0 Å². The number of aryl methyl sites for hydroxylation is 1. The third-order valence-electron chi connectivity index (χ3n) is 3.27. The summed E-state index contributed by atoms with van der Waals surface area (Å²) < 4.78 is 0. The zero-order chi connectivity index (χ0) is 14.3. The van der Waals surface area contributed by atoms with Crippen molar-refractivity contribution in [2.75, 3.05) is 19.0 Å². The average Bonchev–Trinajstić information content (AvgIpc) is 2.84. The number of aromatic hydroxyl groups is 1. The van der Waals surface area contributed by atoms with Gasteiger partial charge in [-0.05, 0) is 30.7 Å². The van der Waals surface area contributed by atoms with Gasteiger partial charge in [0, 0.05) is 19.7 Å². The summed E-state index contributed by atoms with van der Waals surface area (Å²) in [5, 5.41) is 9.79. The van der Waals surface area contributed by atoms with Crippen LogP contribution in [0.5, 0.6) is 5.75 Å². The maximum absolute atomic E-state index is 9.79. The predicted molar refractivity (Wildman–Crippen MR) is 80.1 cm³/mol. The lowest BCUT2D eigenvalue weighted by molar-refractivity contribution is 0.471. The molecule has 2 N–H and O–H groups in total.